The standard InChI is InChI=1S/C12H14F2O5S/c13-12(14,20-17)10(16)19-11-3-6-1-7(4-11)9(15)18-8(2-6)5-11/h6-8,17H,1-5H2. The fraction of sp³-hybridized carbons (Fsp3) is 0.833. The molecule has 8 heteroatoms. The average molecular weight is 308 g/mol. The van der Waals surface area contributed by atoms with Gasteiger partial charge in [-0.05, 0) is 25.2 Å². The molecule has 2 saturated carbocycles. The molecular formula is C12H14F2O5S. The topological polar surface area (TPSA) is 72.8 Å². The second-order valence-corrected chi connectivity index (χ2v) is 6.58. The van der Waals surface area contributed by atoms with Gasteiger partial charge in [0.2, 0.25) is 0 Å². The number of fused-ring (bicyclic) bond motifs is 1. The van der Waals surface area contributed by atoms with Gasteiger partial charge >= 0.3 is 17.2 Å². The van der Waals surface area contributed by atoms with Gasteiger partial charge in [0.1, 0.15) is 11.7 Å². The average Bonchev–Trinajstić information content (AvgIpc) is 2.51. The Labute approximate surface area is 118 Å². The Morgan fingerprint density at radius 1 is 1.40 bits per heavy atom. The minimum Gasteiger partial charge on any atom is -0.462 e. The molecule has 112 valence electrons. The number of hydrogen-bond donors (Lipinski definition) is 1. The zero-order valence-corrected chi connectivity index (χ0v) is 11.3. The highest BCUT2D eigenvalue weighted by Gasteiger charge is 2.57. The molecule has 0 aromatic rings. The highest BCUT2D eigenvalue weighted by atomic mass is 32.2. The number of ether oxygens (including phenoxy) is 2. The third-order valence-electron chi connectivity index (χ3n) is 4.37. The third kappa shape index (κ3) is 2.28. The Kier molecular flexibility index (Phi) is 3.20. The van der Waals surface area contributed by atoms with Crippen LogP contribution >= 0.6 is 12.0 Å². The summed E-state index contributed by atoms with van der Waals surface area (Å²) in [5.41, 5.74) is -1.06. The molecule has 0 aromatic heterocycles. The molecule has 0 radical (unpaired) electrons. The Bertz CT molecular complexity index is 457. The lowest BCUT2D eigenvalue weighted by atomic mass is 9.65. The molecule has 2 aliphatic heterocycles. The fourth-order valence-electron chi connectivity index (χ4n) is 3.79. The summed E-state index contributed by atoms with van der Waals surface area (Å²) in [4.78, 5) is 23.3. The van der Waals surface area contributed by atoms with E-state index in [1.165, 1.54) is 0 Å². The van der Waals surface area contributed by atoms with Crippen LogP contribution in [0.1, 0.15) is 32.1 Å². The molecule has 4 bridgehead atoms. The van der Waals surface area contributed by atoms with Gasteiger partial charge in [-0.3, -0.25) is 4.79 Å². The van der Waals surface area contributed by atoms with Crippen molar-refractivity contribution in [3.63, 3.8) is 0 Å². The fourth-order valence-corrected chi connectivity index (χ4v) is 3.91. The first kappa shape index (κ1) is 14.1. The van der Waals surface area contributed by atoms with Gasteiger partial charge in [0.05, 0.1) is 18.0 Å². The zero-order chi connectivity index (χ0) is 14.5. The summed E-state index contributed by atoms with van der Waals surface area (Å²) in [7, 11) is 0. The van der Waals surface area contributed by atoms with E-state index in [0.717, 1.165) is 0 Å². The molecule has 4 fully saturated rings. The van der Waals surface area contributed by atoms with Crippen LogP contribution in [-0.2, 0) is 19.1 Å². The van der Waals surface area contributed by atoms with Crippen molar-refractivity contribution in [1.29, 1.82) is 0 Å². The van der Waals surface area contributed by atoms with Gasteiger partial charge in [0.15, 0.2) is 0 Å². The van der Waals surface area contributed by atoms with Crippen molar-refractivity contribution in [3.05, 3.63) is 0 Å². The van der Waals surface area contributed by atoms with Crippen molar-refractivity contribution in [2.45, 2.75) is 49.1 Å². The van der Waals surface area contributed by atoms with Crippen molar-refractivity contribution in [1.82, 2.24) is 0 Å². The smallest absolute Gasteiger partial charge is 0.412 e. The summed E-state index contributed by atoms with van der Waals surface area (Å²) in [6, 6.07) is 0. The number of hydrogen-bond acceptors (Lipinski definition) is 6. The van der Waals surface area contributed by atoms with E-state index in [1.807, 2.05) is 0 Å². The van der Waals surface area contributed by atoms with Crippen LogP contribution in [-0.4, -0.2) is 33.5 Å². The molecule has 20 heavy (non-hydrogen) atoms. The van der Waals surface area contributed by atoms with E-state index in [9.17, 15) is 18.4 Å². The van der Waals surface area contributed by atoms with Gasteiger partial charge < -0.3 is 14.0 Å². The Morgan fingerprint density at radius 3 is 2.85 bits per heavy atom. The Morgan fingerprint density at radius 2 is 2.15 bits per heavy atom. The molecule has 2 aliphatic carbocycles. The van der Waals surface area contributed by atoms with Crippen molar-refractivity contribution in [3.8, 4) is 0 Å². The van der Waals surface area contributed by atoms with Gasteiger partial charge in [-0.15, -0.1) is 0 Å². The lowest BCUT2D eigenvalue weighted by Gasteiger charge is -2.45. The maximum absolute atomic E-state index is 13.1. The number of esters is 2. The Balaban J connectivity index is 1.82. The molecule has 5 nitrogen and oxygen atoms in total. The first-order valence-electron chi connectivity index (χ1n) is 6.48. The first-order valence-corrected chi connectivity index (χ1v) is 7.25. The van der Waals surface area contributed by atoms with Crippen molar-refractivity contribution in [2.24, 2.45) is 11.8 Å². The lowest BCUT2D eigenvalue weighted by Crippen LogP contribution is -2.50. The van der Waals surface area contributed by atoms with Gasteiger partial charge in [0, 0.05) is 12.8 Å². The van der Waals surface area contributed by atoms with Crippen LogP contribution in [0.5, 0.6) is 0 Å². The van der Waals surface area contributed by atoms with Crippen LogP contribution < -0.4 is 0 Å². The number of halogens is 2. The number of carbonyl (C=O) groups excluding carboxylic acids is 2. The minimum absolute atomic E-state index is 0.155. The van der Waals surface area contributed by atoms with Gasteiger partial charge in [0.25, 0.3) is 0 Å². The van der Waals surface area contributed by atoms with Crippen LogP contribution in [0.4, 0.5) is 8.78 Å². The predicted octanol–water partition coefficient (Wildman–Crippen LogP) is 2.20. The predicted molar refractivity (Wildman–Crippen MR) is 63.9 cm³/mol. The van der Waals surface area contributed by atoms with E-state index in [-0.39, 0.29) is 36.8 Å². The monoisotopic (exact) mass is 308 g/mol. The second kappa shape index (κ2) is 4.56. The van der Waals surface area contributed by atoms with Crippen LogP contribution in [0.2, 0.25) is 0 Å². The van der Waals surface area contributed by atoms with Gasteiger partial charge in [-0.25, -0.2) is 4.79 Å². The van der Waals surface area contributed by atoms with Crippen molar-refractivity contribution < 1.29 is 32.4 Å². The van der Waals surface area contributed by atoms with E-state index >= 15 is 0 Å². The molecule has 4 atom stereocenters. The lowest BCUT2D eigenvalue weighted by molar-refractivity contribution is -0.189. The van der Waals surface area contributed by atoms with E-state index in [4.69, 9.17) is 14.0 Å². The SMILES string of the molecule is O=C1OC2CC3CC1CC(OC(=O)C(F)(F)SO)(C3)C2. The summed E-state index contributed by atoms with van der Waals surface area (Å²) < 4.78 is 45.1. The normalized spacial score (nSPS) is 39.4. The van der Waals surface area contributed by atoms with E-state index in [2.05, 4.69) is 0 Å². The van der Waals surface area contributed by atoms with Gasteiger partial charge in [-0.2, -0.15) is 8.78 Å². The number of carbonyl (C=O) groups is 2. The van der Waals surface area contributed by atoms with Crippen molar-refractivity contribution in [2.75, 3.05) is 0 Å². The summed E-state index contributed by atoms with van der Waals surface area (Å²) >= 11 is -0.837. The van der Waals surface area contributed by atoms with Crippen LogP contribution in [0.25, 0.3) is 0 Å². The molecule has 4 rings (SSSR count). The number of alkyl halides is 2. The third-order valence-corrected chi connectivity index (χ3v) is 4.77. The molecule has 1 N–H and O–H groups in total. The highest BCUT2D eigenvalue weighted by molar-refractivity contribution is 7.95. The molecule has 2 saturated heterocycles. The van der Waals surface area contributed by atoms with E-state index in [0.29, 0.717) is 19.3 Å². The summed E-state index contributed by atoms with van der Waals surface area (Å²) in [5, 5.41) is -3.98. The summed E-state index contributed by atoms with van der Waals surface area (Å²) in [5.74, 6) is -2.30. The summed E-state index contributed by atoms with van der Waals surface area (Å²) in [6.07, 6.45) is 1.98. The van der Waals surface area contributed by atoms with Crippen LogP contribution in [0.3, 0.4) is 0 Å². The quantitative estimate of drug-likeness (QED) is 0.636. The molecule has 4 unspecified atom stereocenters. The number of rotatable bonds is 3. The van der Waals surface area contributed by atoms with Crippen molar-refractivity contribution >= 4 is 24.0 Å². The second-order valence-electron chi connectivity index (χ2n) is 5.89. The largest absolute Gasteiger partial charge is 0.462 e. The molecule has 0 amide bonds. The van der Waals surface area contributed by atoms with Gasteiger partial charge in [-0.1, -0.05) is 0 Å². The summed E-state index contributed by atoms with van der Waals surface area (Å²) in [6.45, 7) is 0. The van der Waals surface area contributed by atoms with Crippen LogP contribution in [0, 0.1) is 11.8 Å². The van der Waals surface area contributed by atoms with E-state index in [1.54, 1.807) is 0 Å². The van der Waals surface area contributed by atoms with Crippen LogP contribution in [0.15, 0.2) is 0 Å². The maximum Gasteiger partial charge on any atom is 0.412 e. The minimum atomic E-state index is -3.98. The van der Waals surface area contributed by atoms with E-state index < -0.39 is 28.9 Å². The molecule has 0 aromatic carbocycles. The molecule has 4 aliphatic rings. The Hall–Kier alpha value is -0.890. The highest BCUT2D eigenvalue weighted by Crippen LogP contribution is 2.51. The zero-order valence-electron chi connectivity index (χ0n) is 10.5. The molecular weight excluding hydrogens is 294 g/mol. The molecule has 2 heterocycles. The first-order chi connectivity index (χ1) is 9.33. The molecule has 0 spiro atoms. The maximum atomic E-state index is 13.1.